The Morgan fingerprint density at radius 1 is 0.919 bits per heavy atom. The van der Waals surface area contributed by atoms with Crippen molar-refractivity contribution in [3.63, 3.8) is 0 Å². The maximum Gasteiger partial charge on any atom is 0.264 e. The van der Waals surface area contributed by atoms with Gasteiger partial charge in [-0.3, -0.25) is 9.10 Å². The van der Waals surface area contributed by atoms with Crippen LogP contribution in [0, 0.1) is 0 Å². The Balaban J connectivity index is 1.91. The summed E-state index contributed by atoms with van der Waals surface area (Å²) < 4.78 is 50.0. The number of benzene rings is 3. The number of carbonyl (C=O) groups excluding carboxylic acids is 1. The van der Waals surface area contributed by atoms with E-state index in [-0.39, 0.29) is 17.1 Å². The average Bonchev–Trinajstić information content (AvgIpc) is 2.90. The van der Waals surface area contributed by atoms with Gasteiger partial charge in [-0.05, 0) is 61.0 Å². The van der Waals surface area contributed by atoms with E-state index in [9.17, 15) is 13.2 Å². The zero-order chi connectivity index (χ0) is 27.0. The minimum atomic E-state index is -4.14. The molecule has 0 radical (unpaired) electrons. The molecule has 0 saturated heterocycles. The van der Waals surface area contributed by atoms with Crippen LogP contribution in [-0.2, 0) is 21.4 Å². The molecule has 3 aromatic rings. The van der Waals surface area contributed by atoms with Crippen molar-refractivity contribution in [1.29, 1.82) is 0 Å². The molecule has 198 valence electrons. The summed E-state index contributed by atoms with van der Waals surface area (Å²) in [4.78, 5) is 13.1. The number of sulfonamides is 1. The summed E-state index contributed by atoms with van der Waals surface area (Å²) in [5.74, 6) is 1.10. The second-order valence-corrected chi connectivity index (χ2v) is 9.98. The number of hydrogen-bond donors (Lipinski definition) is 1. The quantitative estimate of drug-likeness (QED) is 0.360. The van der Waals surface area contributed by atoms with Crippen molar-refractivity contribution < 1.29 is 32.2 Å². The molecule has 0 atom stereocenters. The fraction of sp³-hybridized carbons (Fsp3) is 0.269. The van der Waals surface area contributed by atoms with Crippen LogP contribution in [0.5, 0.6) is 23.0 Å². The van der Waals surface area contributed by atoms with Crippen molar-refractivity contribution in [3.05, 3.63) is 71.2 Å². The number of nitrogens with zero attached hydrogens (tertiary/aromatic N) is 1. The number of rotatable bonds is 12. The van der Waals surface area contributed by atoms with Gasteiger partial charge in [-0.2, -0.15) is 0 Å². The van der Waals surface area contributed by atoms with Crippen molar-refractivity contribution in [2.24, 2.45) is 0 Å². The summed E-state index contributed by atoms with van der Waals surface area (Å²) >= 11 is 5.95. The van der Waals surface area contributed by atoms with Gasteiger partial charge in [0, 0.05) is 11.6 Å². The number of anilines is 1. The summed E-state index contributed by atoms with van der Waals surface area (Å²) in [6.45, 7) is 1.72. The minimum absolute atomic E-state index is 0.0133. The molecule has 11 heteroatoms. The third-order valence-electron chi connectivity index (χ3n) is 5.34. The molecule has 1 amide bonds. The molecule has 0 aliphatic carbocycles. The third-order valence-corrected chi connectivity index (χ3v) is 7.36. The number of carbonyl (C=O) groups is 1. The van der Waals surface area contributed by atoms with Crippen LogP contribution in [0.4, 0.5) is 5.69 Å². The Kier molecular flexibility index (Phi) is 9.48. The number of hydrogen-bond acceptors (Lipinski definition) is 7. The highest BCUT2D eigenvalue weighted by Gasteiger charge is 2.29. The summed E-state index contributed by atoms with van der Waals surface area (Å²) in [6, 6.07) is 15.8. The van der Waals surface area contributed by atoms with Gasteiger partial charge < -0.3 is 24.3 Å². The van der Waals surface area contributed by atoms with Crippen molar-refractivity contribution in [2.45, 2.75) is 18.4 Å². The number of nitrogens with one attached hydrogen (secondary N) is 1. The Labute approximate surface area is 221 Å². The summed E-state index contributed by atoms with van der Waals surface area (Å²) in [5, 5.41) is 3.16. The molecule has 0 spiro atoms. The van der Waals surface area contributed by atoms with Crippen LogP contribution >= 0.6 is 11.6 Å². The predicted octanol–water partition coefficient (Wildman–Crippen LogP) is 4.28. The highest BCUT2D eigenvalue weighted by atomic mass is 35.5. The molecule has 0 fully saturated rings. The zero-order valence-electron chi connectivity index (χ0n) is 21.0. The molecular weight excluding hydrogens is 520 g/mol. The van der Waals surface area contributed by atoms with E-state index in [1.54, 1.807) is 43.3 Å². The SMILES string of the molecule is CCOc1ccccc1N(CC(=O)NCc1cc(OC)c(OC)c(OC)c1)S(=O)(=O)c1ccc(Cl)cc1. The van der Waals surface area contributed by atoms with Crippen LogP contribution in [0.3, 0.4) is 0 Å². The number of para-hydroxylation sites is 2. The van der Waals surface area contributed by atoms with Gasteiger partial charge in [-0.25, -0.2) is 8.42 Å². The normalized spacial score (nSPS) is 10.9. The van der Waals surface area contributed by atoms with Crippen LogP contribution in [0.2, 0.25) is 5.02 Å². The molecule has 0 aliphatic rings. The lowest BCUT2D eigenvalue weighted by Crippen LogP contribution is -2.40. The Morgan fingerprint density at radius 3 is 2.11 bits per heavy atom. The molecule has 0 aliphatic heterocycles. The molecule has 0 bridgehead atoms. The summed E-state index contributed by atoms with van der Waals surface area (Å²) in [5.41, 5.74) is 0.909. The number of methoxy groups -OCH3 is 3. The van der Waals surface area contributed by atoms with E-state index in [4.69, 9.17) is 30.5 Å². The first-order chi connectivity index (χ1) is 17.7. The summed E-state index contributed by atoms with van der Waals surface area (Å²) in [7, 11) is 0.345. The van der Waals surface area contributed by atoms with Gasteiger partial charge in [0.15, 0.2) is 11.5 Å². The molecule has 0 saturated carbocycles. The van der Waals surface area contributed by atoms with Crippen molar-refractivity contribution in [3.8, 4) is 23.0 Å². The molecule has 0 unspecified atom stereocenters. The Morgan fingerprint density at radius 2 is 1.54 bits per heavy atom. The smallest absolute Gasteiger partial charge is 0.264 e. The van der Waals surface area contributed by atoms with Gasteiger partial charge in [-0.15, -0.1) is 0 Å². The first-order valence-electron chi connectivity index (χ1n) is 11.3. The Hall–Kier alpha value is -3.63. The fourth-order valence-electron chi connectivity index (χ4n) is 3.60. The van der Waals surface area contributed by atoms with E-state index in [0.29, 0.717) is 40.2 Å². The average molecular weight is 549 g/mol. The molecule has 3 rings (SSSR count). The zero-order valence-corrected chi connectivity index (χ0v) is 22.6. The van der Waals surface area contributed by atoms with Crippen LogP contribution in [0.1, 0.15) is 12.5 Å². The Bertz CT molecular complexity index is 1310. The first kappa shape index (κ1) is 27.9. The maximum atomic E-state index is 13.6. The molecule has 3 aromatic carbocycles. The van der Waals surface area contributed by atoms with Crippen LogP contribution in [0.25, 0.3) is 0 Å². The van der Waals surface area contributed by atoms with Gasteiger partial charge in [0.25, 0.3) is 10.0 Å². The largest absolute Gasteiger partial charge is 0.493 e. The minimum Gasteiger partial charge on any atom is -0.493 e. The lowest BCUT2D eigenvalue weighted by atomic mass is 10.1. The van der Waals surface area contributed by atoms with E-state index in [0.717, 1.165) is 4.31 Å². The van der Waals surface area contributed by atoms with Crippen LogP contribution in [0.15, 0.2) is 65.6 Å². The van der Waals surface area contributed by atoms with Gasteiger partial charge >= 0.3 is 0 Å². The van der Waals surface area contributed by atoms with E-state index in [1.807, 2.05) is 0 Å². The molecule has 0 heterocycles. The van der Waals surface area contributed by atoms with Crippen molar-refractivity contribution in [2.75, 3.05) is 38.8 Å². The lowest BCUT2D eigenvalue weighted by molar-refractivity contribution is -0.119. The first-order valence-corrected chi connectivity index (χ1v) is 13.1. The van der Waals surface area contributed by atoms with Gasteiger partial charge in [0.1, 0.15) is 12.3 Å². The van der Waals surface area contributed by atoms with E-state index >= 15 is 0 Å². The predicted molar refractivity (Wildman–Crippen MR) is 142 cm³/mol. The van der Waals surface area contributed by atoms with Gasteiger partial charge in [-0.1, -0.05) is 23.7 Å². The van der Waals surface area contributed by atoms with E-state index in [1.165, 1.54) is 45.6 Å². The van der Waals surface area contributed by atoms with E-state index < -0.39 is 22.5 Å². The highest BCUT2D eigenvalue weighted by Crippen LogP contribution is 2.38. The molecular formula is C26H29ClN2O7S. The molecule has 37 heavy (non-hydrogen) atoms. The van der Waals surface area contributed by atoms with Gasteiger partial charge in [0.05, 0.1) is 38.5 Å². The third kappa shape index (κ3) is 6.58. The topological polar surface area (TPSA) is 103 Å². The van der Waals surface area contributed by atoms with Gasteiger partial charge in [0.2, 0.25) is 11.7 Å². The number of halogens is 1. The molecule has 9 nitrogen and oxygen atoms in total. The van der Waals surface area contributed by atoms with Crippen molar-refractivity contribution >= 4 is 33.2 Å². The number of amides is 1. The number of ether oxygens (including phenoxy) is 4. The second-order valence-electron chi connectivity index (χ2n) is 7.68. The maximum absolute atomic E-state index is 13.6. The molecule has 0 aromatic heterocycles. The van der Waals surface area contributed by atoms with Crippen molar-refractivity contribution in [1.82, 2.24) is 5.32 Å². The fourth-order valence-corrected chi connectivity index (χ4v) is 5.16. The van der Waals surface area contributed by atoms with E-state index in [2.05, 4.69) is 5.32 Å². The monoisotopic (exact) mass is 548 g/mol. The standard InChI is InChI=1S/C26H29ClN2O7S/c1-5-36-22-9-7-6-8-21(22)29(37(31,32)20-12-10-19(27)11-13-20)17-25(30)28-16-18-14-23(33-2)26(35-4)24(15-18)34-3/h6-15H,5,16-17H2,1-4H3,(H,28,30). The lowest BCUT2D eigenvalue weighted by Gasteiger charge is -2.26. The highest BCUT2D eigenvalue weighted by molar-refractivity contribution is 7.92. The van der Waals surface area contributed by atoms with Crippen LogP contribution in [-0.4, -0.2) is 48.8 Å². The summed E-state index contributed by atoms with van der Waals surface area (Å²) in [6.07, 6.45) is 0. The van der Waals surface area contributed by atoms with Crippen LogP contribution < -0.4 is 28.6 Å². The molecule has 1 N–H and O–H groups in total. The second kappa shape index (κ2) is 12.6.